The smallest absolute Gasteiger partial charge is 0.223 e. The Bertz CT molecular complexity index is 902. The molecule has 0 atom stereocenters. The number of nitrogens with zero attached hydrogens (tertiary/aromatic N) is 6. The number of halogens is 1. The van der Waals surface area contributed by atoms with Crippen LogP contribution in [0.25, 0.3) is 0 Å². The number of carbonyl (C=O) groups excluding carboxylic acids is 1. The summed E-state index contributed by atoms with van der Waals surface area (Å²) in [5.74, 6) is 2.06. The standard InChI is InChI=1S/C22H31N7OS.HI/c1-3-19-25-22(31-26-19)28-13-11-27(12-14-28)21(23-2)24-10-6-9-20(30)29-15-17-7-4-5-8-18(17)16-29;/h4-5,7-8H,3,6,9-16H2,1-2H3,(H,23,24);1H. The SMILES string of the molecule is CCc1nsc(N2CCN(C(=NC)NCCCC(=O)N3Cc4ccccc4C3)CC2)n1.I. The number of aryl methyl sites for hydroxylation is 1. The quantitative estimate of drug-likeness (QED) is 0.250. The molecule has 1 N–H and O–H groups in total. The molecule has 2 aliphatic heterocycles. The summed E-state index contributed by atoms with van der Waals surface area (Å²) in [5, 5.41) is 4.45. The normalized spacial score (nSPS) is 16.1. The van der Waals surface area contributed by atoms with Gasteiger partial charge >= 0.3 is 0 Å². The monoisotopic (exact) mass is 569 g/mol. The first-order valence-corrected chi connectivity index (χ1v) is 11.8. The van der Waals surface area contributed by atoms with E-state index < -0.39 is 0 Å². The van der Waals surface area contributed by atoms with Crippen LogP contribution in [-0.2, 0) is 24.3 Å². The van der Waals surface area contributed by atoms with E-state index in [1.54, 1.807) is 0 Å². The lowest BCUT2D eigenvalue weighted by atomic mass is 10.1. The third kappa shape index (κ3) is 5.89. The van der Waals surface area contributed by atoms with Crippen molar-refractivity contribution < 1.29 is 4.79 Å². The zero-order chi connectivity index (χ0) is 21.6. The molecule has 32 heavy (non-hydrogen) atoms. The number of aromatic nitrogens is 2. The van der Waals surface area contributed by atoms with Crippen molar-refractivity contribution >= 4 is 52.5 Å². The van der Waals surface area contributed by atoms with Crippen LogP contribution in [0.5, 0.6) is 0 Å². The minimum absolute atomic E-state index is 0. The van der Waals surface area contributed by atoms with Gasteiger partial charge in [0, 0.05) is 77.2 Å². The van der Waals surface area contributed by atoms with Crippen LogP contribution >= 0.6 is 35.5 Å². The van der Waals surface area contributed by atoms with E-state index in [2.05, 4.69) is 48.5 Å². The number of carbonyl (C=O) groups is 1. The van der Waals surface area contributed by atoms with E-state index in [0.29, 0.717) is 6.42 Å². The zero-order valence-electron chi connectivity index (χ0n) is 18.8. The number of piperazine rings is 1. The third-order valence-corrected chi connectivity index (χ3v) is 6.69. The van der Waals surface area contributed by atoms with Gasteiger partial charge in [-0.1, -0.05) is 31.2 Å². The molecule has 0 unspecified atom stereocenters. The van der Waals surface area contributed by atoms with E-state index in [0.717, 1.165) is 75.6 Å². The first kappa shape index (κ1) is 24.7. The molecule has 0 aliphatic carbocycles. The summed E-state index contributed by atoms with van der Waals surface area (Å²) in [5.41, 5.74) is 2.54. The van der Waals surface area contributed by atoms with Gasteiger partial charge in [-0.25, -0.2) is 4.98 Å². The van der Waals surface area contributed by atoms with Crippen molar-refractivity contribution in [2.45, 2.75) is 39.3 Å². The Balaban J connectivity index is 0.00000289. The molecule has 10 heteroatoms. The van der Waals surface area contributed by atoms with Crippen molar-refractivity contribution in [2.24, 2.45) is 4.99 Å². The fourth-order valence-electron chi connectivity index (χ4n) is 4.07. The molecule has 0 radical (unpaired) electrons. The minimum Gasteiger partial charge on any atom is -0.356 e. The molecule has 1 aromatic carbocycles. The fourth-order valence-corrected chi connectivity index (χ4v) is 4.87. The average Bonchev–Trinajstić information content (AvgIpc) is 3.46. The molecule has 174 valence electrons. The molecule has 3 heterocycles. The van der Waals surface area contributed by atoms with E-state index in [9.17, 15) is 4.79 Å². The predicted molar refractivity (Wildman–Crippen MR) is 140 cm³/mol. The lowest BCUT2D eigenvalue weighted by Gasteiger charge is -2.36. The van der Waals surface area contributed by atoms with Crippen LogP contribution in [0, 0.1) is 0 Å². The molecule has 4 rings (SSSR count). The van der Waals surface area contributed by atoms with Crippen molar-refractivity contribution in [2.75, 3.05) is 44.7 Å². The van der Waals surface area contributed by atoms with Crippen molar-refractivity contribution in [1.29, 1.82) is 0 Å². The number of anilines is 1. The van der Waals surface area contributed by atoms with Crippen LogP contribution in [-0.4, -0.2) is 70.8 Å². The van der Waals surface area contributed by atoms with E-state index in [-0.39, 0.29) is 29.9 Å². The molecule has 0 spiro atoms. The highest BCUT2D eigenvalue weighted by Gasteiger charge is 2.23. The van der Waals surface area contributed by atoms with Gasteiger partial charge < -0.3 is 20.0 Å². The second-order valence-electron chi connectivity index (χ2n) is 7.92. The number of amides is 1. The number of aliphatic imine (C=N–C) groups is 1. The summed E-state index contributed by atoms with van der Waals surface area (Å²) >= 11 is 1.49. The first-order valence-electron chi connectivity index (χ1n) is 11.1. The van der Waals surface area contributed by atoms with Gasteiger partial charge in [-0.2, -0.15) is 4.37 Å². The topological polar surface area (TPSA) is 77.0 Å². The van der Waals surface area contributed by atoms with E-state index in [1.165, 1.54) is 22.7 Å². The van der Waals surface area contributed by atoms with Gasteiger partial charge in [-0.05, 0) is 17.5 Å². The summed E-state index contributed by atoms with van der Waals surface area (Å²) in [4.78, 5) is 28.1. The molecule has 0 bridgehead atoms. The van der Waals surface area contributed by atoms with Crippen LogP contribution < -0.4 is 10.2 Å². The fraction of sp³-hybridized carbons (Fsp3) is 0.545. The number of hydrogen-bond donors (Lipinski definition) is 1. The number of hydrogen-bond acceptors (Lipinski definition) is 6. The number of fused-ring (bicyclic) bond motifs is 1. The molecule has 8 nitrogen and oxygen atoms in total. The van der Waals surface area contributed by atoms with Crippen molar-refractivity contribution in [1.82, 2.24) is 24.5 Å². The Labute approximate surface area is 211 Å². The van der Waals surface area contributed by atoms with Crippen LogP contribution in [0.15, 0.2) is 29.3 Å². The largest absolute Gasteiger partial charge is 0.356 e. The maximum atomic E-state index is 12.6. The van der Waals surface area contributed by atoms with Gasteiger partial charge in [-0.3, -0.25) is 9.79 Å². The summed E-state index contributed by atoms with van der Waals surface area (Å²) in [7, 11) is 1.82. The van der Waals surface area contributed by atoms with Gasteiger partial charge in [0.25, 0.3) is 0 Å². The summed E-state index contributed by atoms with van der Waals surface area (Å²) in [6.45, 7) is 7.91. The molecule has 1 fully saturated rings. The van der Waals surface area contributed by atoms with Gasteiger partial charge in [-0.15, -0.1) is 24.0 Å². The van der Waals surface area contributed by atoms with E-state index >= 15 is 0 Å². The Morgan fingerprint density at radius 2 is 1.81 bits per heavy atom. The average molecular weight is 570 g/mol. The van der Waals surface area contributed by atoms with Crippen LogP contribution in [0.2, 0.25) is 0 Å². The maximum Gasteiger partial charge on any atom is 0.223 e. The van der Waals surface area contributed by atoms with Gasteiger partial charge in [0.2, 0.25) is 11.0 Å². The first-order chi connectivity index (χ1) is 15.2. The molecule has 2 aromatic rings. The molecule has 1 aromatic heterocycles. The summed E-state index contributed by atoms with van der Waals surface area (Å²) < 4.78 is 4.39. The molecular formula is C22H32IN7OS. The van der Waals surface area contributed by atoms with Crippen molar-refractivity contribution in [3.63, 3.8) is 0 Å². The Hall–Kier alpha value is -1.95. The Morgan fingerprint density at radius 3 is 2.41 bits per heavy atom. The highest BCUT2D eigenvalue weighted by Crippen LogP contribution is 2.23. The zero-order valence-corrected chi connectivity index (χ0v) is 21.9. The number of guanidine groups is 1. The molecule has 0 saturated carbocycles. The molecule has 1 amide bonds. The second-order valence-corrected chi connectivity index (χ2v) is 8.65. The van der Waals surface area contributed by atoms with Crippen LogP contribution in [0.4, 0.5) is 5.13 Å². The number of benzene rings is 1. The molecule has 2 aliphatic rings. The van der Waals surface area contributed by atoms with Gasteiger partial charge in [0.1, 0.15) is 5.82 Å². The third-order valence-electron chi connectivity index (χ3n) is 5.88. The summed E-state index contributed by atoms with van der Waals surface area (Å²) in [6, 6.07) is 8.31. The minimum atomic E-state index is 0. The Morgan fingerprint density at radius 1 is 1.12 bits per heavy atom. The molecule has 1 saturated heterocycles. The maximum absolute atomic E-state index is 12.6. The van der Waals surface area contributed by atoms with E-state index in [1.807, 2.05) is 24.1 Å². The van der Waals surface area contributed by atoms with Gasteiger partial charge in [0.05, 0.1) is 0 Å². The van der Waals surface area contributed by atoms with Crippen molar-refractivity contribution in [3.8, 4) is 0 Å². The molecular weight excluding hydrogens is 537 g/mol. The van der Waals surface area contributed by atoms with E-state index in [4.69, 9.17) is 0 Å². The van der Waals surface area contributed by atoms with Crippen LogP contribution in [0.3, 0.4) is 0 Å². The lowest BCUT2D eigenvalue weighted by molar-refractivity contribution is -0.131. The predicted octanol–water partition coefficient (Wildman–Crippen LogP) is 2.74. The highest BCUT2D eigenvalue weighted by molar-refractivity contribution is 14.0. The lowest BCUT2D eigenvalue weighted by Crippen LogP contribution is -2.52. The Kier molecular flexibility index (Phi) is 9.09. The number of rotatable bonds is 6. The summed E-state index contributed by atoms with van der Waals surface area (Å²) in [6.07, 6.45) is 2.23. The number of nitrogens with one attached hydrogen (secondary N) is 1. The second kappa shape index (κ2) is 11.8. The van der Waals surface area contributed by atoms with Gasteiger partial charge in [0.15, 0.2) is 5.96 Å². The highest BCUT2D eigenvalue weighted by atomic mass is 127. The van der Waals surface area contributed by atoms with Crippen LogP contribution in [0.1, 0.15) is 36.7 Å². The van der Waals surface area contributed by atoms with Crippen molar-refractivity contribution in [3.05, 3.63) is 41.2 Å².